The van der Waals surface area contributed by atoms with Crippen LogP contribution in [0.2, 0.25) is 0 Å². The van der Waals surface area contributed by atoms with Crippen molar-refractivity contribution in [1.82, 2.24) is 15.1 Å². The van der Waals surface area contributed by atoms with Gasteiger partial charge in [0.05, 0.1) is 12.7 Å². The third-order valence-corrected chi connectivity index (χ3v) is 5.06. The number of hydrogen-bond acceptors (Lipinski definition) is 8. The van der Waals surface area contributed by atoms with Gasteiger partial charge >= 0.3 is 0 Å². The summed E-state index contributed by atoms with van der Waals surface area (Å²) in [5, 5.41) is 25.6. The van der Waals surface area contributed by atoms with E-state index in [9.17, 15) is 10.2 Å². The molecule has 1 fully saturated rings. The molecule has 0 amide bonds. The maximum absolute atomic E-state index is 9.85. The second-order valence-electron chi connectivity index (χ2n) is 6.01. The van der Waals surface area contributed by atoms with Gasteiger partial charge in [0, 0.05) is 17.4 Å². The average Bonchev–Trinajstić information content (AvgIpc) is 3.33. The quantitative estimate of drug-likeness (QED) is 0.737. The Kier molecular flexibility index (Phi) is 4.34. The van der Waals surface area contributed by atoms with Gasteiger partial charge in [0.25, 0.3) is 5.89 Å². The topological polar surface area (TPSA) is 102 Å². The fourth-order valence-corrected chi connectivity index (χ4v) is 3.66. The lowest BCUT2D eigenvalue weighted by atomic mass is 10.1. The Hall–Kier alpha value is -2.13. The average molecular weight is 359 g/mol. The molecular formula is C17H17N3O4S. The number of hydrogen-bond donors (Lipinski definition) is 2. The van der Waals surface area contributed by atoms with Gasteiger partial charge in [-0.15, -0.1) is 11.3 Å². The summed E-state index contributed by atoms with van der Waals surface area (Å²) in [5.41, 5.74) is 2.59. The molecule has 25 heavy (non-hydrogen) atoms. The van der Waals surface area contributed by atoms with Crippen molar-refractivity contribution in [3.8, 4) is 23.0 Å². The lowest BCUT2D eigenvalue weighted by Gasteiger charge is -2.09. The Labute approximate surface area is 147 Å². The van der Waals surface area contributed by atoms with E-state index in [4.69, 9.17) is 9.26 Å². The molecular weight excluding hydrogens is 342 g/mol. The van der Waals surface area contributed by atoms with Crippen molar-refractivity contribution in [2.75, 3.05) is 6.61 Å². The minimum atomic E-state index is -0.682. The van der Waals surface area contributed by atoms with Crippen LogP contribution in [0.25, 0.3) is 23.0 Å². The third kappa shape index (κ3) is 3.21. The molecule has 0 spiro atoms. The molecule has 130 valence electrons. The smallest absolute Gasteiger partial charge is 0.277 e. The highest BCUT2D eigenvalue weighted by Gasteiger charge is 2.36. The number of aliphatic hydroxyl groups excluding tert-OH is 2. The maximum atomic E-state index is 9.85. The molecule has 2 N–H and O–H groups in total. The second kappa shape index (κ2) is 6.64. The summed E-state index contributed by atoms with van der Waals surface area (Å²) in [6.45, 7) is 1.80. The van der Waals surface area contributed by atoms with Crippen molar-refractivity contribution in [3.63, 3.8) is 0 Å². The van der Waals surface area contributed by atoms with Crippen molar-refractivity contribution >= 4 is 11.3 Å². The van der Waals surface area contributed by atoms with Crippen molar-refractivity contribution < 1.29 is 19.5 Å². The van der Waals surface area contributed by atoms with Gasteiger partial charge in [-0.25, -0.2) is 4.98 Å². The van der Waals surface area contributed by atoms with Crippen LogP contribution in [-0.4, -0.2) is 44.2 Å². The van der Waals surface area contributed by atoms with Gasteiger partial charge < -0.3 is 19.5 Å². The summed E-state index contributed by atoms with van der Waals surface area (Å²) < 4.78 is 11.0. The fourth-order valence-electron chi connectivity index (χ4n) is 2.81. The lowest BCUT2D eigenvalue weighted by Crippen LogP contribution is -2.24. The Balaban J connectivity index is 1.55. The van der Waals surface area contributed by atoms with Crippen molar-refractivity contribution in [2.45, 2.75) is 31.7 Å². The highest BCUT2D eigenvalue weighted by atomic mass is 32.1. The van der Waals surface area contributed by atoms with E-state index >= 15 is 0 Å². The van der Waals surface area contributed by atoms with Crippen LogP contribution in [-0.2, 0) is 4.74 Å². The summed E-state index contributed by atoms with van der Waals surface area (Å²) >= 11 is 1.41. The van der Waals surface area contributed by atoms with E-state index in [-0.39, 0.29) is 12.7 Å². The van der Waals surface area contributed by atoms with Gasteiger partial charge in [-0.3, -0.25) is 0 Å². The third-order valence-electron chi connectivity index (χ3n) is 4.12. The summed E-state index contributed by atoms with van der Waals surface area (Å²) in [7, 11) is 0. The maximum Gasteiger partial charge on any atom is 0.277 e. The van der Waals surface area contributed by atoms with Crippen LogP contribution in [0.5, 0.6) is 0 Å². The Morgan fingerprint density at radius 2 is 2.20 bits per heavy atom. The molecule has 4 rings (SSSR count). The van der Waals surface area contributed by atoms with Crippen molar-refractivity contribution in [3.05, 3.63) is 40.2 Å². The number of rotatable bonds is 4. The molecule has 0 radical (unpaired) electrons. The van der Waals surface area contributed by atoms with Gasteiger partial charge in [0.15, 0.2) is 0 Å². The molecule has 0 aliphatic carbocycles. The van der Waals surface area contributed by atoms with Crippen LogP contribution in [0.15, 0.2) is 34.2 Å². The van der Waals surface area contributed by atoms with Crippen LogP contribution in [0.3, 0.4) is 0 Å². The lowest BCUT2D eigenvalue weighted by molar-refractivity contribution is -0.0225. The molecule has 1 aromatic carbocycles. The first-order chi connectivity index (χ1) is 12.1. The van der Waals surface area contributed by atoms with E-state index < -0.39 is 12.2 Å². The largest absolute Gasteiger partial charge is 0.394 e. The highest BCUT2D eigenvalue weighted by Crippen LogP contribution is 2.36. The summed E-state index contributed by atoms with van der Waals surface area (Å²) in [4.78, 5) is 8.91. The Bertz CT molecular complexity index is 878. The summed E-state index contributed by atoms with van der Waals surface area (Å²) in [5.74, 6) is 0.859. The van der Waals surface area contributed by atoms with E-state index in [1.807, 2.05) is 36.6 Å². The highest BCUT2D eigenvalue weighted by molar-refractivity contribution is 7.10. The normalized spacial score (nSPS) is 23.2. The molecule has 3 aromatic rings. The number of thiazole rings is 1. The number of ether oxygens (including phenoxy) is 1. The SMILES string of the molecule is Cc1cccc(-c2noc(-c3csc([C@@H]4C[C@H](O)[C@@H](CO)O4)n3)n2)c1. The zero-order chi connectivity index (χ0) is 17.4. The zero-order valence-corrected chi connectivity index (χ0v) is 14.3. The molecule has 8 heteroatoms. The molecule has 0 bridgehead atoms. The van der Waals surface area contributed by atoms with Crippen LogP contribution in [0.4, 0.5) is 0 Å². The first kappa shape index (κ1) is 16.3. The van der Waals surface area contributed by atoms with Gasteiger partial charge in [-0.2, -0.15) is 4.98 Å². The standard InChI is InChI=1S/C17H17N3O4S/c1-9-3-2-4-10(5-9)15-19-16(24-20-15)11-8-25-17(18-11)13-6-12(22)14(7-21)23-13/h2-5,8,12-14,21-22H,6-7H2,1H3/t12-,13-,14+/m0/s1. The van der Waals surface area contributed by atoms with E-state index in [0.717, 1.165) is 16.1 Å². The predicted molar refractivity (Wildman–Crippen MR) is 90.9 cm³/mol. The first-order valence-electron chi connectivity index (χ1n) is 7.95. The Morgan fingerprint density at radius 3 is 2.96 bits per heavy atom. The number of benzene rings is 1. The fraction of sp³-hybridized carbons (Fsp3) is 0.353. The Morgan fingerprint density at radius 1 is 1.32 bits per heavy atom. The minimum absolute atomic E-state index is 0.209. The number of aryl methyl sites for hydroxylation is 1. The minimum Gasteiger partial charge on any atom is -0.394 e. The first-order valence-corrected chi connectivity index (χ1v) is 8.83. The predicted octanol–water partition coefficient (Wildman–Crippen LogP) is 2.35. The van der Waals surface area contributed by atoms with Crippen molar-refractivity contribution in [1.29, 1.82) is 0 Å². The second-order valence-corrected chi connectivity index (χ2v) is 6.90. The van der Waals surface area contributed by atoms with E-state index in [1.165, 1.54) is 11.3 Å². The molecule has 1 saturated heterocycles. The van der Waals surface area contributed by atoms with Gasteiger partial charge in [0.2, 0.25) is 5.82 Å². The van der Waals surface area contributed by atoms with Crippen LogP contribution in [0.1, 0.15) is 23.1 Å². The number of aliphatic hydroxyl groups is 2. The zero-order valence-electron chi connectivity index (χ0n) is 13.5. The summed E-state index contributed by atoms with van der Waals surface area (Å²) in [6, 6.07) is 7.87. The van der Waals surface area contributed by atoms with E-state index in [0.29, 0.717) is 23.8 Å². The molecule has 1 aliphatic rings. The molecule has 3 heterocycles. The van der Waals surface area contributed by atoms with Gasteiger partial charge in [0.1, 0.15) is 22.9 Å². The molecule has 0 saturated carbocycles. The van der Waals surface area contributed by atoms with Crippen LogP contribution in [0, 0.1) is 6.92 Å². The van der Waals surface area contributed by atoms with Gasteiger partial charge in [-0.1, -0.05) is 28.9 Å². The molecule has 3 atom stereocenters. The van der Waals surface area contributed by atoms with Crippen molar-refractivity contribution in [2.24, 2.45) is 0 Å². The molecule has 1 aliphatic heterocycles. The van der Waals surface area contributed by atoms with Crippen LogP contribution >= 0.6 is 11.3 Å². The molecule has 2 aromatic heterocycles. The summed E-state index contributed by atoms with van der Waals surface area (Å²) in [6.07, 6.45) is -1.16. The number of nitrogens with zero attached hydrogens (tertiary/aromatic N) is 3. The number of aromatic nitrogens is 3. The molecule has 0 unspecified atom stereocenters. The van der Waals surface area contributed by atoms with E-state index in [2.05, 4.69) is 15.1 Å². The van der Waals surface area contributed by atoms with Gasteiger partial charge in [-0.05, 0) is 13.0 Å². The monoisotopic (exact) mass is 359 g/mol. The van der Waals surface area contributed by atoms with E-state index in [1.54, 1.807) is 0 Å². The van der Waals surface area contributed by atoms with Crippen LogP contribution < -0.4 is 0 Å². The molecule has 7 nitrogen and oxygen atoms in total.